The number of hydrogen-bond acceptors (Lipinski definition) is 3. The van der Waals surface area contributed by atoms with Gasteiger partial charge >= 0.3 is 0 Å². The number of hydrogen-bond donors (Lipinski definition) is 2. The molecule has 2 aromatic carbocycles. The van der Waals surface area contributed by atoms with Gasteiger partial charge in [-0.15, -0.1) is 0 Å². The highest BCUT2D eigenvalue weighted by atomic mass is 35.5. The summed E-state index contributed by atoms with van der Waals surface area (Å²) in [4.78, 5) is 0. The van der Waals surface area contributed by atoms with Crippen molar-refractivity contribution in [2.75, 3.05) is 0 Å². The van der Waals surface area contributed by atoms with Crippen molar-refractivity contribution in [1.82, 2.24) is 0 Å². The molecule has 19 heavy (non-hydrogen) atoms. The van der Waals surface area contributed by atoms with Crippen molar-refractivity contribution < 1.29 is 9.94 Å². The van der Waals surface area contributed by atoms with E-state index < -0.39 is 0 Å². The molecule has 0 saturated carbocycles. The summed E-state index contributed by atoms with van der Waals surface area (Å²) in [6.45, 7) is 1.88. The highest BCUT2D eigenvalue weighted by Crippen LogP contribution is 2.27. The Hall–Kier alpha value is -2.20. The highest BCUT2D eigenvalue weighted by Gasteiger charge is 2.05. The first-order chi connectivity index (χ1) is 9.10. The van der Waals surface area contributed by atoms with Gasteiger partial charge in [-0.25, -0.2) is 0 Å². The van der Waals surface area contributed by atoms with E-state index in [0.29, 0.717) is 22.1 Å². The van der Waals surface area contributed by atoms with Crippen LogP contribution in [0.25, 0.3) is 0 Å². The van der Waals surface area contributed by atoms with E-state index in [9.17, 15) is 0 Å². The zero-order valence-corrected chi connectivity index (χ0v) is 11.1. The number of aryl methyl sites for hydroxylation is 1. The quantitative estimate of drug-likeness (QED) is 0.390. The molecular weight excluding hydrogens is 264 g/mol. The first-order valence-corrected chi connectivity index (χ1v) is 6.00. The minimum Gasteiger partial charge on any atom is -0.457 e. The third-order valence-electron chi connectivity index (χ3n) is 2.60. The summed E-state index contributed by atoms with van der Waals surface area (Å²) in [5.41, 5.74) is 7.04. The molecule has 0 aliphatic rings. The number of nitrogens with two attached hydrogens (primary N) is 1. The minimum absolute atomic E-state index is 0.0670. The van der Waals surface area contributed by atoms with Crippen LogP contribution in [0.2, 0.25) is 5.02 Å². The number of nitrogens with zero attached hydrogens (tertiary/aromatic N) is 1. The third-order valence-corrected chi connectivity index (χ3v) is 2.84. The summed E-state index contributed by atoms with van der Waals surface area (Å²) in [6.07, 6.45) is 0. The van der Waals surface area contributed by atoms with E-state index in [0.717, 1.165) is 5.56 Å². The molecule has 98 valence electrons. The molecule has 0 aliphatic heterocycles. The second kappa shape index (κ2) is 5.63. The van der Waals surface area contributed by atoms with Gasteiger partial charge in [0.25, 0.3) is 0 Å². The molecule has 2 aromatic rings. The molecule has 0 heterocycles. The molecule has 0 saturated heterocycles. The Morgan fingerprint density at radius 3 is 2.68 bits per heavy atom. The number of oxime groups is 1. The number of amidine groups is 1. The van der Waals surface area contributed by atoms with Crippen molar-refractivity contribution in [3.63, 3.8) is 0 Å². The molecule has 0 amide bonds. The molecule has 5 heteroatoms. The van der Waals surface area contributed by atoms with E-state index in [1.807, 2.05) is 19.1 Å². The van der Waals surface area contributed by atoms with Gasteiger partial charge in [0, 0.05) is 10.6 Å². The Bertz CT molecular complexity index is 627. The van der Waals surface area contributed by atoms with E-state index >= 15 is 0 Å². The van der Waals surface area contributed by atoms with E-state index in [4.69, 9.17) is 27.3 Å². The lowest BCUT2D eigenvalue weighted by Gasteiger charge is -2.10. The van der Waals surface area contributed by atoms with Crippen LogP contribution in [0.1, 0.15) is 11.1 Å². The van der Waals surface area contributed by atoms with Crippen LogP contribution in [-0.2, 0) is 0 Å². The van der Waals surface area contributed by atoms with Crippen LogP contribution in [-0.4, -0.2) is 11.0 Å². The molecule has 0 unspecified atom stereocenters. The average Bonchev–Trinajstić information content (AvgIpc) is 2.40. The number of halogens is 1. The lowest BCUT2D eigenvalue weighted by atomic mass is 10.1. The maximum absolute atomic E-state index is 8.63. The number of rotatable bonds is 3. The molecule has 0 aromatic heterocycles. The maximum Gasteiger partial charge on any atom is 0.170 e. The lowest BCUT2D eigenvalue weighted by Crippen LogP contribution is -2.13. The van der Waals surface area contributed by atoms with Crippen molar-refractivity contribution in [2.24, 2.45) is 10.9 Å². The normalized spacial score (nSPS) is 11.4. The Kier molecular flexibility index (Phi) is 3.92. The topological polar surface area (TPSA) is 67.8 Å². The van der Waals surface area contributed by atoms with Crippen molar-refractivity contribution >= 4 is 17.4 Å². The van der Waals surface area contributed by atoms with E-state index in [-0.39, 0.29) is 5.84 Å². The Balaban J connectivity index is 2.27. The van der Waals surface area contributed by atoms with Crippen LogP contribution >= 0.6 is 11.6 Å². The molecular formula is C14H13ClN2O2. The fourth-order valence-corrected chi connectivity index (χ4v) is 1.82. The Morgan fingerprint density at radius 1 is 1.26 bits per heavy atom. The lowest BCUT2D eigenvalue weighted by molar-refractivity contribution is 0.318. The van der Waals surface area contributed by atoms with Crippen molar-refractivity contribution in [2.45, 2.75) is 6.92 Å². The molecule has 0 aliphatic carbocycles. The summed E-state index contributed by atoms with van der Waals surface area (Å²) < 4.78 is 5.73. The molecule has 0 spiro atoms. The molecule has 2 rings (SSSR count). The largest absolute Gasteiger partial charge is 0.457 e. The average molecular weight is 277 g/mol. The second-order valence-electron chi connectivity index (χ2n) is 4.02. The van der Waals surface area contributed by atoms with Gasteiger partial charge in [0.2, 0.25) is 0 Å². The van der Waals surface area contributed by atoms with Crippen molar-refractivity contribution in [3.8, 4) is 11.5 Å². The third kappa shape index (κ3) is 3.17. The predicted octanol–water partition coefficient (Wildman–Crippen LogP) is 3.54. The molecule has 0 radical (unpaired) electrons. The summed E-state index contributed by atoms with van der Waals surface area (Å²) in [6, 6.07) is 12.4. The Morgan fingerprint density at radius 2 is 2.05 bits per heavy atom. The highest BCUT2D eigenvalue weighted by molar-refractivity contribution is 6.30. The van der Waals surface area contributed by atoms with Gasteiger partial charge in [-0.3, -0.25) is 0 Å². The molecule has 0 bridgehead atoms. The second-order valence-corrected chi connectivity index (χ2v) is 4.46. The summed E-state index contributed by atoms with van der Waals surface area (Å²) in [5.74, 6) is 1.42. The van der Waals surface area contributed by atoms with E-state index in [2.05, 4.69) is 5.16 Å². The maximum atomic E-state index is 8.63. The number of benzene rings is 2. The van der Waals surface area contributed by atoms with Gasteiger partial charge in [-0.2, -0.15) is 0 Å². The standard InChI is InChI=1S/C14H13ClN2O2/c1-9-7-10(14(16)17-18)5-6-13(9)19-12-4-2-3-11(15)8-12/h2-8,18H,1H3,(H2,16,17). The molecule has 4 nitrogen and oxygen atoms in total. The molecule has 3 N–H and O–H groups in total. The monoisotopic (exact) mass is 276 g/mol. The van der Waals surface area contributed by atoms with Crippen LogP contribution in [0.15, 0.2) is 47.6 Å². The van der Waals surface area contributed by atoms with Crippen LogP contribution in [0.5, 0.6) is 11.5 Å². The van der Waals surface area contributed by atoms with Crippen LogP contribution in [0, 0.1) is 6.92 Å². The van der Waals surface area contributed by atoms with Crippen molar-refractivity contribution in [3.05, 3.63) is 58.6 Å². The van der Waals surface area contributed by atoms with E-state index in [1.54, 1.807) is 30.3 Å². The summed E-state index contributed by atoms with van der Waals surface area (Å²) in [5, 5.41) is 12.2. The first-order valence-electron chi connectivity index (χ1n) is 5.62. The summed E-state index contributed by atoms with van der Waals surface area (Å²) in [7, 11) is 0. The SMILES string of the molecule is Cc1cc(/C(N)=N/O)ccc1Oc1cccc(Cl)c1. The minimum atomic E-state index is 0.0670. The van der Waals surface area contributed by atoms with Gasteiger partial charge in [0.05, 0.1) is 0 Å². The van der Waals surface area contributed by atoms with Gasteiger partial charge < -0.3 is 15.7 Å². The van der Waals surface area contributed by atoms with E-state index in [1.165, 1.54) is 0 Å². The van der Waals surface area contributed by atoms with Gasteiger partial charge in [0.1, 0.15) is 11.5 Å². The zero-order valence-electron chi connectivity index (χ0n) is 10.3. The molecule has 0 fully saturated rings. The first kappa shape index (κ1) is 13.2. The van der Waals surface area contributed by atoms with Crippen molar-refractivity contribution in [1.29, 1.82) is 0 Å². The van der Waals surface area contributed by atoms with Crippen LogP contribution in [0.3, 0.4) is 0 Å². The van der Waals surface area contributed by atoms with Gasteiger partial charge in [-0.1, -0.05) is 22.8 Å². The van der Waals surface area contributed by atoms with Gasteiger partial charge in [0.15, 0.2) is 5.84 Å². The van der Waals surface area contributed by atoms with Gasteiger partial charge in [-0.05, 0) is 48.9 Å². The smallest absolute Gasteiger partial charge is 0.170 e. The fourth-order valence-electron chi connectivity index (χ4n) is 1.64. The zero-order chi connectivity index (χ0) is 13.8. The summed E-state index contributed by atoms with van der Waals surface area (Å²) >= 11 is 5.90. The van der Waals surface area contributed by atoms with Crippen LogP contribution in [0.4, 0.5) is 0 Å². The van der Waals surface area contributed by atoms with Crippen LogP contribution < -0.4 is 10.5 Å². The predicted molar refractivity (Wildman–Crippen MR) is 75.2 cm³/mol. The Labute approximate surface area is 116 Å². The number of ether oxygens (including phenoxy) is 1. The molecule has 0 atom stereocenters. The fraction of sp³-hybridized carbons (Fsp3) is 0.0714.